The van der Waals surface area contributed by atoms with Crippen molar-refractivity contribution >= 4 is 17.5 Å². The molecule has 0 aliphatic heterocycles. The van der Waals surface area contributed by atoms with Gasteiger partial charge in [0.25, 0.3) is 11.8 Å². The predicted octanol–water partition coefficient (Wildman–Crippen LogP) is 0.425. The van der Waals surface area contributed by atoms with Crippen LogP contribution in [0.3, 0.4) is 0 Å². The number of nitrogens with one attached hydrogen (secondary N) is 1. The molecule has 0 spiro atoms. The summed E-state index contributed by atoms with van der Waals surface area (Å²) < 4.78 is 8.09. The SMILES string of the molecule is COc1cc(C(=O)Nc2c(C(=O)N(C)C)nn(C)c2C)nn1C. The molecule has 0 aliphatic carbocycles. The van der Waals surface area contributed by atoms with Crippen LogP contribution in [0.25, 0.3) is 0 Å². The van der Waals surface area contributed by atoms with Crippen molar-refractivity contribution in [3.05, 3.63) is 23.1 Å². The summed E-state index contributed by atoms with van der Waals surface area (Å²) in [6, 6.07) is 1.52. The second-order valence-corrected chi connectivity index (χ2v) is 5.28. The number of anilines is 1. The van der Waals surface area contributed by atoms with E-state index in [1.807, 2.05) is 0 Å². The number of ether oxygens (including phenoxy) is 1. The minimum atomic E-state index is -0.437. The lowest BCUT2D eigenvalue weighted by Gasteiger charge is -2.10. The highest BCUT2D eigenvalue weighted by atomic mass is 16.5. The molecule has 0 saturated heterocycles. The lowest BCUT2D eigenvalue weighted by Crippen LogP contribution is -2.24. The van der Waals surface area contributed by atoms with Crippen LogP contribution in [-0.4, -0.2) is 57.5 Å². The van der Waals surface area contributed by atoms with Crippen LogP contribution >= 0.6 is 0 Å². The molecule has 2 heterocycles. The summed E-state index contributed by atoms with van der Waals surface area (Å²) in [6.45, 7) is 1.77. The Labute approximate surface area is 133 Å². The van der Waals surface area contributed by atoms with Crippen molar-refractivity contribution in [1.82, 2.24) is 24.5 Å². The highest BCUT2D eigenvalue weighted by molar-refractivity contribution is 6.08. The fraction of sp³-hybridized carbons (Fsp3) is 0.429. The third-order valence-corrected chi connectivity index (χ3v) is 3.46. The van der Waals surface area contributed by atoms with Crippen LogP contribution in [0.5, 0.6) is 5.88 Å². The molecule has 0 saturated carbocycles. The summed E-state index contributed by atoms with van der Waals surface area (Å²) in [5, 5.41) is 11.0. The van der Waals surface area contributed by atoms with Gasteiger partial charge in [-0.25, -0.2) is 4.68 Å². The fourth-order valence-electron chi connectivity index (χ4n) is 2.05. The van der Waals surface area contributed by atoms with Gasteiger partial charge in [0.1, 0.15) is 0 Å². The minimum Gasteiger partial charge on any atom is -0.481 e. The number of carbonyl (C=O) groups excluding carboxylic acids is 2. The molecule has 124 valence electrons. The van der Waals surface area contributed by atoms with Gasteiger partial charge >= 0.3 is 0 Å². The third-order valence-electron chi connectivity index (χ3n) is 3.46. The Bertz CT molecular complexity index is 759. The average Bonchev–Trinajstić information content (AvgIpc) is 3.01. The monoisotopic (exact) mass is 320 g/mol. The molecular formula is C14H20N6O3. The fourth-order valence-corrected chi connectivity index (χ4v) is 2.05. The van der Waals surface area contributed by atoms with Crippen molar-refractivity contribution in [3.8, 4) is 5.88 Å². The van der Waals surface area contributed by atoms with E-state index < -0.39 is 5.91 Å². The molecule has 2 aromatic rings. The molecule has 9 nitrogen and oxygen atoms in total. The first-order valence-corrected chi connectivity index (χ1v) is 6.90. The normalized spacial score (nSPS) is 10.5. The zero-order chi connectivity index (χ0) is 17.3. The average molecular weight is 320 g/mol. The second-order valence-electron chi connectivity index (χ2n) is 5.28. The zero-order valence-electron chi connectivity index (χ0n) is 14.0. The van der Waals surface area contributed by atoms with Gasteiger partial charge < -0.3 is 15.0 Å². The Morgan fingerprint density at radius 3 is 2.39 bits per heavy atom. The van der Waals surface area contributed by atoms with Gasteiger partial charge in [0, 0.05) is 34.3 Å². The van der Waals surface area contributed by atoms with Crippen LogP contribution in [0.4, 0.5) is 5.69 Å². The van der Waals surface area contributed by atoms with E-state index in [0.29, 0.717) is 17.3 Å². The van der Waals surface area contributed by atoms with Gasteiger partial charge in [0.15, 0.2) is 11.4 Å². The Kier molecular flexibility index (Phi) is 4.39. The molecule has 2 aromatic heterocycles. The van der Waals surface area contributed by atoms with Crippen LogP contribution in [0.15, 0.2) is 6.07 Å². The molecule has 0 aliphatic rings. The summed E-state index contributed by atoms with van der Waals surface area (Å²) >= 11 is 0. The van der Waals surface area contributed by atoms with E-state index >= 15 is 0 Å². The molecule has 2 rings (SSSR count). The van der Waals surface area contributed by atoms with Crippen LogP contribution in [-0.2, 0) is 14.1 Å². The highest BCUT2D eigenvalue weighted by Gasteiger charge is 2.24. The minimum absolute atomic E-state index is 0.186. The lowest BCUT2D eigenvalue weighted by molar-refractivity contribution is 0.0822. The molecule has 23 heavy (non-hydrogen) atoms. The maximum Gasteiger partial charge on any atom is 0.276 e. The summed E-state index contributed by atoms with van der Waals surface area (Å²) in [7, 11) is 8.13. The molecule has 0 atom stereocenters. The second kappa shape index (κ2) is 6.11. The van der Waals surface area contributed by atoms with Crippen LogP contribution in [0.1, 0.15) is 26.7 Å². The van der Waals surface area contributed by atoms with E-state index in [0.717, 1.165) is 0 Å². The Morgan fingerprint density at radius 2 is 1.87 bits per heavy atom. The predicted molar refractivity (Wildman–Crippen MR) is 83.7 cm³/mol. The van der Waals surface area contributed by atoms with Crippen molar-refractivity contribution in [1.29, 1.82) is 0 Å². The number of rotatable bonds is 4. The number of hydrogen-bond acceptors (Lipinski definition) is 5. The van der Waals surface area contributed by atoms with Crippen molar-refractivity contribution in [2.45, 2.75) is 6.92 Å². The van der Waals surface area contributed by atoms with Gasteiger partial charge in [-0.15, -0.1) is 0 Å². The third kappa shape index (κ3) is 3.03. The number of methoxy groups -OCH3 is 1. The van der Waals surface area contributed by atoms with E-state index in [-0.39, 0.29) is 17.3 Å². The quantitative estimate of drug-likeness (QED) is 0.881. The smallest absolute Gasteiger partial charge is 0.276 e. The maximum atomic E-state index is 12.4. The number of hydrogen-bond donors (Lipinski definition) is 1. The molecule has 0 fully saturated rings. The van der Waals surface area contributed by atoms with E-state index in [4.69, 9.17) is 4.74 Å². The summed E-state index contributed by atoms with van der Waals surface area (Å²) in [4.78, 5) is 26.0. The standard InChI is InChI=1S/C14H20N6O3/c1-8-11(12(17-19(8)4)14(22)18(2)3)15-13(21)9-7-10(23-6)20(5)16-9/h7H,1-6H3,(H,15,21). The van der Waals surface area contributed by atoms with Crippen molar-refractivity contribution in [3.63, 3.8) is 0 Å². The van der Waals surface area contributed by atoms with E-state index in [2.05, 4.69) is 15.5 Å². The van der Waals surface area contributed by atoms with Crippen LogP contribution < -0.4 is 10.1 Å². The number of nitrogens with zero attached hydrogens (tertiary/aromatic N) is 5. The maximum absolute atomic E-state index is 12.4. The topological polar surface area (TPSA) is 94.3 Å². The van der Waals surface area contributed by atoms with Gasteiger partial charge in [-0.3, -0.25) is 14.3 Å². The van der Waals surface area contributed by atoms with Gasteiger partial charge in [0.2, 0.25) is 5.88 Å². The molecule has 9 heteroatoms. The molecule has 0 aromatic carbocycles. The zero-order valence-corrected chi connectivity index (χ0v) is 14.0. The van der Waals surface area contributed by atoms with E-state index in [9.17, 15) is 9.59 Å². The lowest BCUT2D eigenvalue weighted by atomic mass is 10.2. The summed E-state index contributed by atoms with van der Waals surface area (Å²) in [5.74, 6) is -0.266. The first-order chi connectivity index (χ1) is 10.8. The molecule has 0 unspecified atom stereocenters. The molecule has 1 N–H and O–H groups in total. The van der Waals surface area contributed by atoms with Crippen molar-refractivity contribution in [2.75, 3.05) is 26.5 Å². The number of aromatic nitrogens is 4. The Balaban J connectivity index is 2.35. The Hall–Kier alpha value is -2.84. The van der Waals surface area contributed by atoms with Crippen molar-refractivity contribution in [2.24, 2.45) is 14.1 Å². The largest absolute Gasteiger partial charge is 0.481 e. The van der Waals surface area contributed by atoms with Gasteiger partial charge in [-0.1, -0.05) is 0 Å². The highest BCUT2D eigenvalue weighted by Crippen LogP contribution is 2.22. The van der Waals surface area contributed by atoms with Crippen molar-refractivity contribution < 1.29 is 14.3 Å². The number of carbonyl (C=O) groups is 2. The Morgan fingerprint density at radius 1 is 1.22 bits per heavy atom. The number of amides is 2. The van der Waals surface area contributed by atoms with Crippen LogP contribution in [0.2, 0.25) is 0 Å². The summed E-state index contributed by atoms with van der Waals surface area (Å²) in [5.41, 5.74) is 1.43. The molecular weight excluding hydrogens is 300 g/mol. The van der Waals surface area contributed by atoms with Gasteiger partial charge in [-0.2, -0.15) is 10.2 Å². The first kappa shape index (κ1) is 16.5. The van der Waals surface area contributed by atoms with E-state index in [1.54, 1.807) is 39.8 Å². The van der Waals surface area contributed by atoms with E-state index in [1.165, 1.54) is 22.8 Å². The number of aryl methyl sites for hydroxylation is 2. The van der Waals surface area contributed by atoms with Crippen LogP contribution in [0, 0.1) is 6.92 Å². The molecule has 0 radical (unpaired) electrons. The first-order valence-electron chi connectivity index (χ1n) is 6.90. The van der Waals surface area contributed by atoms with Gasteiger partial charge in [0.05, 0.1) is 18.5 Å². The van der Waals surface area contributed by atoms with Gasteiger partial charge in [-0.05, 0) is 6.92 Å². The molecule has 2 amide bonds. The summed E-state index contributed by atoms with van der Waals surface area (Å²) in [6.07, 6.45) is 0. The molecule has 0 bridgehead atoms.